The number of aromatic nitrogens is 1. The highest BCUT2D eigenvalue weighted by molar-refractivity contribution is 5.78. The van der Waals surface area contributed by atoms with Gasteiger partial charge in [0, 0.05) is 24.7 Å². The highest BCUT2D eigenvalue weighted by atomic mass is 16.3. The summed E-state index contributed by atoms with van der Waals surface area (Å²) in [4.78, 5) is 22.0. The second kappa shape index (κ2) is 10.7. The summed E-state index contributed by atoms with van der Waals surface area (Å²) in [6.45, 7) is 8.04. The topological polar surface area (TPSA) is 61.6 Å². The molecule has 31 heavy (non-hydrogen) atoms. The molecule has 0 spiro atoms. The number of pyridine rings is 1. The smallest absolute Gasteiger partial charge is 0.223 e. The fourth-order valence-corrected chi connectivity index (χ4v) is 4.81. The van der Waals surface area contributed by atoms with E-state index < -0.39 is 0 Å². The zero-order chi connectivity index (χ0) is 21.5. The summed E-state index contributed by atoms with van der Waals surface area (Å²) >= 11 is 0. The number of nitrogens with one attached hydrogen (secondary N) is 1. The van der Waals surface area contributed by atoms with Gasteiger partial charge in [-0.25, -0.2) is 0 Å². The molecule has 0 aromatic carbocycles. The third-order valence-electron chi connectivity index (χ3n) is 6.55. The molecule has 2 saturated heterocycles. The number of amides is 1. The monoisotopic (exact) mass is 422 g/mol. The van der Waals surface area contributed by atoms with Crippen LogP contribution in [0.4, 0.5) is 0 Å². The van der Waals surface area contributed by atoms with Gasteiger partial charge in [0.2, 0.25) is 5.91 Å². The maximum Gasteiger partial charge on any atom is 0.223 e. The van der Waals surface area contributed by atoms with Crippen LogP contribution in [-0.2, 0) is 11.3 Å². The van der Waals surface area contributed by atoms with Crippen molar-refractivity contribution in [1.82, 2.24) is 20.1 Å². The highest BCUT2D eigenvalue weighted by Gasteiger charge is 2.30. The molecule has 166 valence electrons. The average molecular weight is 423 g/mol. The Morgan fingerprint density at radius 3 is 2.61 bits per heavy atom. The number of likely N-dealkylation sites (tertiary alicyclic amines) is 2. The molecule has 4 heterocycles. The molecule has 2 aliphatic rings. The minimum Gasteiger partial charge on any atom is -0.465 e. The second-order valence-electron chi connectivity index (χ2n) is 8.86. The lowest BCUT2D eigenvalue weighted by atomic mass is 9.92. The Labute approximate surface area is 185 Å². The SMILES string of the molecule is C/C(=C\c1ccco1)CN1CCC(N2CCC(C(=O)NCc3ccccn3)CC2)CC1. The number of hydrogen-bond acceptors (Lipinski definition) is 5. The summed E-state index contributed by atoms with van der Waals surface area (Å²) < 4.78 is 5.42. The second-order valence-corrected chi connectivity index (χ2v) is 8.86. The van der Waals surface area contributed by atoms with Crippen LogP contribution in [0.5, 0.6) is 0 Å². The number of carbonyl (C=O) groups excluding carboxylic acids is 1. The van der Waals surface area contributed by atoms with E-state index in [9.17, 15) is 4.79 Å². The number of nitrogens with zero attached hydrogens (tertiary/aromatic N) is 3. The zero-order valence-electron chi connectivity index (χ0n) is 18.5. The van der Waals surface area contributed by atoms with Crippen LogP contribution in [0.1, 0.15) is 44.1 Å². The van der Waals surface area contributed by atoms with Crippen molar-refractivity contribution >= 4 is 12.0 Å². The first kappa shape index (κ1) is 21.8. The molecule has 2 aliphatic heterocycles. The predicted molar refractivity (Wildman–Crippen MR) is 122 cm³/mol. The van der Waals surface area contributed by atoms with Gasteiger partial charge in [-0.1, -0.05) is 11.6 Å². The van der Waals surface area contributed by atoms with E-state index in [1.54, 1.807) is 12.5 Å². The zero-order valence-corrected chi connectivity index (χ0v) is 18.5. The molecule has 2 aromatic heterocycles. The number of furan rings is 1. The van der Waals surface area contributed by atoms with Gasteiger partial charge in [-0.2, -0.15) is 0 Å². The van der Waals surface area contributed by atoms with Gasteiger partial charge in [-0.3, -0.25) is 14.7 Å². The van der Waals surface area contributed by atoms with Crippen molar-refractivity contribution in [2.24, 2.45) is 5.92 Å². The molecule has 0 saturated carbocycles. The number of hydrogen-bond donors (Lipinski definition) is 1. The Morgan fingerprint density at radius 2 is 1.94 bits per heavy atom. The lowest BCUT2D eigenvalue weighted by molar-refractivity contribution is -0.126. The van der Waals surface area contributed by atoms with Gasteiger partial charge in [-0.15, -0.1) is 0 Å². The standard InChI is InChI=1S/C25H34N4O2/c1-20(17-24-6-4-16-31-24)19-28-12-9-23(10-13-28)29-14-7-21(8-15-29)25(30)27-18-22-5-2-3-11-26-22/h2-6,11,16-17,21,23H,7-10,12-15,18-19H2,1H3,(H,27,30)/b20-17+. The third kappa shape index (κ3) is 6.28. The predicted octanol–water partition coefficient (Wildman–Crippen LogP) is 3.57. The first-order valence-electron chi connectivity index (χ1n) is 11.5. The minimum atomic E-state index is 0.134. The van der Waals surface area contributed by atoms with Gasteiger partial charge in [0.15, 0.2) is 0 Å². The van der Waals surface area contributed by atoms with Crippen LogP contribution in [0.2, 0.25) is 0 Å². The van der Waals surface area contributed by atoms with E-state index >= 15 is 0 Å². The molecule has 6 heteroatoms. The fourth-order valence-electron chi connectivity index (χ4n) is 4.81. The Morgan fingerprint density at radius 1 is 1.13 bits per heavy atom. The van der Waals surface area contributed by atoms with Gasteiger partial charge >= 0.3 is 0 Å². The van der Waals surface area contributed by atoms with Crippen LogP contribution in [0.3, 0.4) is 0 Å². The summed E-state index contributed by atoms with van der Waals surface area (Å²) in [6, 6.07) is 10.4. The molecule has 0 aliphatic carbocycles. The molecule has 0 radical (unpaired) electrons. The normalized spacial score (nSPS) is 20.1. The summed E-state index contributed by atoms with van der Waals surface area (Å²) in [6.07, 6.45) is 9.96. The van der Waals surface area contributed by atoms with Crippen molar-refractivity contribution in [3.8, 4) is 0 Å². The lowest BCUT2D eigenvalue weighted by Crippen LogP contribution is -2.49. The first-order valence-corrected chi connectivity index (χ1v) is 11.5. The maximum absolute atomic E-state index is 12.5. The van der Waals surface area contributed by atoms with Crippen molar-refractivity contribution in [3.63, 3.8) is 0 Å². The summed E-state index contributed by atoms with van der Waals surface area (Å²) in [5, 5.41) is 3.06. The van der Waals surface area contributed by atoms with Crippen LogP contribution < -0.4 is 5.32 Å². The van der Waals surface area contributed by atoms with E-state index in [0.29, 0.717) is 12.6 Å². The lowest BCUT2D eigenvalue weighted by Gasteiger charge is -2.41. The average Bonchev–Trinajstić information content (AvgIpc) is 3.32. The van der Waals surface area contributed by atoms with Crippen LogP contribution >= 0.6 is 0 Å². The van der Waals surface area contributed by atoms with Crippen LogP contribution in [-0.4, -0.2) is 59.5 Å². The fraction of sp³-hybridized carbons (Fsp3) is 0.520. The number of rotatable bonds is 7. The van der Waals surface area contributed by atoms with E-state index in [1.165, 1.54) is 18.4 Å². The van der Waals surface area contributed by atoms with Crippen molar-refractivity contribution < 1.29 is 9.21 Å². The van der Waals surface area contributed by atoms with Crippen molar-refractivity contribution in [3.05, 3.63) is 59.8 Å². The molecular weight excluding hydrogens is 388 g/mol. The summed E-state index contributed by atoms with van der Waals surface area (Å²) in [5.41, 5.74) is 2.25. The van der Waals surface area contributed by atoms with Gasteiger partial charge in [0.05, 0.1) is 18.5 Å². The van der Waals surface area contributed by atoms with Gasteiger partial charge in [0.1, 0.15) is 5.76 Å². The van der Waals surface area contributed by atoms with E-state index in [-0.39, 0.29) is 11.8 Å². The molecule has 2 aromatic rings. The summed E-state index contributed by atoms with van der Waals surface area (Å²) in [7, 11) is 0. The van der Waals surface area contributed by atoms with E-state index in [2.05, 4.69) is 33.1 Å². The Bertz CT molecular complexity index is 834. The van der Waals surface area contributed by atoms with Crippen LogP contribution in [0, 0.1) is 5.92 Å². The van der Waals surface area contributed by atoms with Crippen LogP contribution in [0.25, 0.3) is 6.08 Å². The molecule has 0 bridgehead atoms. The third-order valence-corrected chi connectivity index (χ3v) is 6.55. The van der Waals surface area contributed by atoms with Crippen molar-refractivity contribution in [2.75, 3.05) is 32.7 Å². The number of carbonyl (C=O) groups is 1. The summed E-state index contributed by atoms with van der Waals surface area (Å²) in [5.74, 6) is 1.24. The number of piperidine rings is 2. The van der Waals surface area contributed by atoms with Gasteiger partial charge < -0.3 is 14.6 Å². The van der Waals surface area contributed by atoms with Crippen LogP contribution in [0.15, 0.2) is 52.8 Å². The van der Waals surface area contributed by atoms with Gasteiger partial charge in [0.25, 0.3) is 0 Å². The molecule has 0 unspecified atom stereocenters. The minimum absolute atomic E-state index is 0.134. The maximum atomic E-state index is 12.5. The highest BCUT2D eigenvalue weighted by Crippen LogP contribution is 2.24. The molecule has 1 amide bonds. The quantitative estimate of drug-likeness (QED) is 0.739. The first-order chi connectivity index (χ1) is 15.2. The van der Waals surface area contributed by atoms with Crippen molar-refractivity contribution in [2.45, 2.75) is 45.2 Å². The van der Waals surface area contributed by atoms with Gasteiger partial charge in [-0.05, 0) is 89.1 Å². The Hall–Kier alpha value is -2.44. The molecule has 2 fully saturated rings. The molecule has 1 N–H and O–H groups in total. The molecular formula is C25H34N4O2. The Balaban J connectivity index is 1.16. The molecule has 0 atom stereocenters. The Kier molecular flexibility index (Phi) is 7.54. The largest absolute Gasteiger partial charge is 0.465 e. The van der Waals surface area contributed by atoms with E-state index in [1.807, 2.05) is 30.3 Å². The molecule has 4 rings (SSSR count). The van der Waals surface area contributed by atoms with Crippen molar-refractivity contribution in [1.29, 1.82) is 0 Å². The van der Waals surface area contributed by atoms with E-state index in [4.69, 9.17) is 4.42 Å². The molecule has 6 nitrogen and oxygen atoms in total. The van der Waals surface area contributed by atoms with E-state index in [0.717, 1.165) is 57.0 Å².